The van der Waals surface area contributed by atoms with Crippen LogP contribution in [0.2, 0.25) is 0 Å². The number of hydrogen-bond acceptors (Lipinski definition) is 6. The SMILES string of the molecule is COc1ccc(S(=O)(=O)NCc2ccc(Oc3nccs3)cc2)cc1F. The van der Waals surface area contributed by atoms with E-state index in [1.165, 1.54) is 30.6 Å². The summed E-state index contributed by atoms with van der Waals surface area (Å²) in [6.07, 6.45) is 1.64. The van der Waals surface area contributed by atoms with Crippen molar-refractivity contribution in [1.82, 2.24) is 9.71 Å². The Hall–Kier alpha value is -2.49. The molecule has 0 atom stereocenters. The molecule has 0 fully saturated rings. The predicted octanol–water partition coefficient (Wildman–Crippen LogP) is 3.56. The zero-order valence-electron chi connectivity index (χ0n) is 13.7. The highest BCUT2D eigenvalue weighted by Gasteiger charge is 2.16. The Morgan fingerprint density at radius 3 is 2.58 bits per heavy atom. The van der Waals surface area contributed by atoms with Crippen molar-refractivity contribution in [3.63, 3.8) is 0 Å². The molecule has 0 aliphatic heterocycles. The van der Waals surface area contributed by atoms with Crippen LogP contribution in [-0.2, 0) is 16.6 Å². The van der Waals surface area contributed by atoms with E-state index < -0.39 is 15.8 Å². The smallest absolute Gasteiger partial charge is 0.278 e. The number of nitrogens with one attached hydrogen (secondary N) is 1. The van der Waals surface area contributed by atoms with Crippen LogP contribution in [0, 0.1) is 5.82 Å². The molecule has 0 aliphatic carbocycles. The van der Waals surface area contributed by atoms with Crippen molar-refractivity contribution < 1.29 is 22.3 Å². The molecule has 9 heteroatoms. The van der Waals surface area contributed by atoms with Gasteiger partial charge in [-0.1, -0.05) is 23.5 Å². The number of rotatable bonds is 7. The third-order valence-corrected chi connectivity index (χ3v) is 5.49. The Labute approximate surface area is 154 Å². The molecule has 136 valence electrons. The molecular formula is C17H15FN2O4S2. The van der Waals surface area contributed by atoms with Crippen LogP contribution in [0.1, 0.15) is 5.56 Å². The molecule has 0 amide bonds. The summed E-state index contributed by atoms with van der Waals surface area (Å²) in [6, 6.07) is 10.4. The summed E-state index contributed by atoms with van der Waals surface area (Å²) < 4.78 is 51.0. The van der Waals surface area contributed by atoms with Crippen LogP contribution in [0.4, 0.5) is 4.39 Å². The molecule has 2 aromatic carbocycles. The zero-order chi connectivity index (χ0) is 18.6. The van der Waals surface area contributed by atoms with Crippen LogP contribution in [0.25, 0.3) is 0 Å². The summed E-state index contributed by atoms with van der Waals surface area (Å²) >= 11 is 1.37. The third kappa shape index (κ3) is 4.37. The minimum Gasteiger partial charge on any atom is -0.494 e. The quantitative estimate of drug-likeness (QED) is 0.663. The van der Waals surface area contributed by atoms with E-state index in [2.05, 4.69) is 9.71 Å². The summed E-state index contributed by atoms with van der Waals surface area (Å²) in [6.45, 7) is 0.0630. The van der Waals surface area contributed by atoms with Crippen LogP contribution >= 0.6 is 11.3 Å². The molecular weight excluding hydrogens is 379 g/mol. The van der Waals surface area contributed by atoms with Gasteiger partial charge in [0, 0.05) is 18.1 Å². The van der Waals surface area contributed by atoms with Crippen LogP contribution in [0.3, 0.4) is 0 Å². The number of thiazole rings is 1. The van der Waals surface area contributed by atoms with Gasteiger partial charge in [-0.3, -0.25) is 0 Å². The van der Waals surface area contributed by atoms with Crippen molar-refractivity contribution in [3.8, 4) is 16.7 Å². The molecule has 0 spiro atoms. The minimum atomic E-state index is -3.84. The summed E-state index contributed by atoms with van der Waals surface area (Å²) in [5, 5.41) is 2.33. The van der Waals surface area contributed by atoms with Crippen LogP contribution in [0.15, 0.2) is 58.9 Å². The maximum Gasteiger partial charge on any atom is 0.278 e. The maximum absolute atomic E-state index is 13.7. The normalized spacial score (nSPS) is 11.3. The van der Waals surface area contributed by atoms with Crippen molar-refractivity contribution in [1.29, 1.82) is 0 Å². The molecule has 0 radical (unpaired) electrons. The Morgan fingerprint density at radius 1 is 1.19 bits per heavy atom. The molecule has 0 unspecified atom stereocenters. The van der Waals surface area contributed by atoms with Gasteiger partial charge >= 0.3 is 0 Å². The van der Waals surface area contributed by atoms with Gasteiger partial charge in [0.2, 0.25) is 10.0 Å². The largest absolute Gasteiger partial charge is 0.494 e. The van der Waals surface area contributed by atoms with E-state index in [0.29, 0.717) is 10.9 Å². The molecule has 1 N–H and O–H groups in total. The van der Waals surface area contributed by atoms with Gasteiger partial charge in [-0.25, -0.2) is 22.5 Å². The molecule has 1 aromatic heterocycles. The number of hydrogen-bond donors (Lipinski definition) is 1. The van der Waals surface area contributed by atoms with Gasteiger partial charge in [-0.2, -0.15) is 0 Å². The van der Waals surface area contributed by atoms with Gasteiger partial charge in [0.1, 0.15) is 5.75 Å². The number of halogens is 1. The first-order valence-electron chi connectivity index (χ1n) is 7.47. The molecule has 0 saturated carbocycles. The van der Waals surface area contributed by atoms with E-state index in [-0.39, 0.29) is 17.2 Å². The fraction of sp³-hybridized carbons (Fsp3) is 0.118. The van der Waals surface area contributed by atoms with Gasteiger partial charge in [0.15, 0.2) is 11.6 Å². The number of nitrogens with zero attached hydrogens (tertiary/aromatic N) is 1. The Kier molecular flexibility index (Phi) is 5.50. The minimum absolute atomic E-state index is 0.0141. The summed E-state index contributed by atoms with van der Waals surface area (Å²) in [5.74, 6) is -0.150. The molecule has 26 heavy (non-hydrogen) atoms. The fourth-order valence-corrected chi connectivity index (χ4v) is 3.65. The summed E-state index contributed by atoms with van der Waals surface area (Å²) in [4.78, 5) is 3.85. The second-order valence-electron chi connectivity index (χ2n) is 5.16. The van der Waals surface area contributed by atoms with Gasteiger partial charge < -0.3 is 9.47 Å². The topological polar surface area (TPSA) is 77.5 Å². The third-order valence-electron chi connectivity index (χ3n) is 3.44. The van der Waals surface area contributed by atoms with Crippen molar-refractivity contribution in [3.05, 3.63) is 65.4 Å². The van der Waals surface area contributed by atoms with Crippen molar-refractivity contribution >= 4 is 21.4 Å². The van der Waals surface area contributed by atoms with Crippen molar-refractivity contribution in [2.75, 3.05) is 7.11 Å². The first kappa shape index (κ1) is 18.3. The lowest BCUT2D eigenvalue weighted by molar-refractivity contribution is 0.385. The molecule has 1 heterocycles. The highest BCUT2D eigenvalue weighted by Crippen LogP contribution is 2.24. The lowest BCUT2D eigenvalue weighted by Crippen LogP contribution is -2.23. The number of methoxy groups -OCH3 is 1. The highest BCUT2D eigenvalue weighted by atomic mass is 32.2. The molecule has 3 aromatic rings. The number of benzene rings is 2. The average Bonchev–Trinajstić information content (AvgIpc) is 3.14. The van der Waals surface area contributed by atoms with Gasteiger partial charge in [-0.15, -0.1) is 0 Å². The predicted molar refractivity (Wildman–Crippen MR) is 95.6 cm³/mol. The number of sulfonamides is 1. The summed E-state index contributed by atoms with van der Waals surface area (Å²) in [5.41, 5.74) is 0.731. The lowest BCUT2D eigenvalue weighted by Gasteiger charge is -2.09. The second kappa shape index (κ2) is 7.81. The van der Waals surface area contributed by atoms with E-state index in [1.807, 2.05) is 0 Å². The molecule has 3 rings (SSSR count). The molecule has 0 saturated heterocycles. The molecule has 0 bridgehead atoms. The Morgan fingerprint density at radius 2 is 1.96 bits per heavy atom. The first-order chi connectivity index (χ1) is 12.5. The van der Waals surface area contributed by atoms with E-state index in [4.69, 9.17) is 9.47 Å². The Bertz CT molecular complexity index is 975. The van der Waals surface area contributed by atoms with Gasteiger partial charge in [0.05, 0.1) is 12.0 Å². The second-order valence-corrected chi connectivity index (χ2v) is 7.79. The highest BCUT2D eigenvalue weighted by molar-refractivity contribution is 7.89. The van der Waals surface area contributed by atoms with E-state index in [9.17, 15) is 12.8 Å². The van der Waals surface area contributed by atoms with Crippen molar-refractivity contribution in [2.45, 2.75) is 11.4 Å². The number of aromatic nitrogens is 1. The molecule has 0 aliphatic rings. The monoisotopic (exact) mass is 394 g/mol. The van der Waals surface area contributed by atoms with E-state index in [1.54, 1.807) is 35.8 Å². The average molecular weight is 394 g/mol. The fourth-order valence-electron chi connectivity index (χ4n) is 2.11. The van der Waals surface area contributed by atoms with Gasteiger partial charge in [-0.05, 0) is 35.9 Å². The lowest BCUT2D eigenvalue weighted by atomic mass is 10.2. The summed E-state index contributed by atoms with van der Waals surface area (Å²) in [7, 11) is -2.53. The van der Waals surface area contributed by atoms with E-state index in [0.717, 1.165) is 11.6 Å². The van der Waals surface area contributed by atoms with Crippen LogP contribution < -0.4 is 14.2 Å². The zero-order valence-corrected chi connectivity index (χ0v) is 15.3. The molecule has 6 nitrogen and oxygen atoms in total. The standard InChI is InChI=1S/C17H15FN2O4S2/c1-23-16-7-6-14(10-15(16)18)26(21,22)20-11-12-2-4-13(5-3-12)24-17-19-8-9-25-17/h2-10,20H,11H2,1H3. The van der Waals surface area contributed by atoms with Crippen LogP contribution in [0.5, 0.6) is 16.7 Å². The van der Waals surface area contributed by atoms with Crippen molar-refractivity contribution in [2.24, 2.45) is 0 Å². The maximum atomic E-state index is 13.7. The Balaban J connectivity index is 1.65. The first-order valence-corrected chi connectivity index (χ1v) is 9.84. The van der Waals surface area contributed by atoms with Crippen LogP contribution in [-0.4, -0.2) is 20.5 Å². The van der Waals surface area contributed by atoms with E-state index >= 15 is 0 Å². The number of ether oxygens (including phenoxy) is 2. The van der Waals surface area contributed by atoms with Gasteiger partial charge in [0.25, 0.3) is 5.19 Å².